The lowest BCUT2D eigenvalue weighted by atomic mass is 10.1. The third-order valence-electron chi connectivity index (χ3n) is 2.93. The fourth-order valence-corrected chi connectivity index (χ4v) is 2.00. The van der Waals surface area contributed by atoms with Gasteiger partial charge in [0.15, 0.2) is 0 Å². The predicted molar refractivity (Wildman–Crippen MR) is 73.4 cm³/mol. The number of hydrogen-bond acceptors (Lipinski definition) is 2. The van der Waals surface area contributed by atoms with Crippen molar-refractivity contribution >= 4 is 24.8 Å². The van der Waals surface area contributed by atoms with Crippen LogP contribution >= 0.6 is 24.8 Å². The second-order valence-corrected chi connectivity index (χ2v) is 4.24. The number of nitrogens with zero attached hydrogens (tertiary/aromatic N) is 1. The van der Waals surface area contributed by atoms with Gasteiger partial charge in [0.1, 0.15) is 5.82 Å². The Morgan fingerprint density at radius 3 is 2.47 bits per heavy atom. The number of rotatable bonds is 2. The quantitative estimate of drug-likeness (QED) is 0.902. The van der Waals surface area contributed by atoms with Crippen LogP contribution in [0.25, 0.3) is 0 Å². The van der Waals surface area contributed by atoms with Crippen molar-refractivity contribution in [2.75, 3.05) is 13.1 Å². The van der Waals surface area contributed by atoms with E-state index in [-0.39, 0.29) is 30.6 Å². The van der Waals surface area contributed by atoms with Crippen molar-refractivity contribution in [2.45, 2.75) is 25.4 Å². The molecule has 0 aliphatic carbocycles. The van der Waals surface area contributed by atoms with Crippen molar-refractivity contribution in [3.63, 3.8) is 0 Å². The smallest absolute Gasteiger partial charge is 0.123 e. The molecule has 1 heterocycles. The molecule has 1 aliphatic heterocycles. The molecule has 1 aromatic carbocycles. The highest BCUT2D eigenvalue weighted by Gasteiger charge is 2.15. The Bertz CT molecular complexity index is 328. The minimum Gasteiger partial charge on any atom is -0.328 e. The summed E-state index contributed by atoms with van der Waals surface area (Å²) < 4.78 is 12.9. The Labute approximate surface area is 114 Å². The number of piperidine rings is 1. The van der Waals surface area contributed by atoms with Crippen molar-refractivity contribution < 1.29 is 4.39 Å². The Kier molecular flexibility index (Phi) is 7.71. The number of likely N-dealkylation sites (tertiary alicyclic amines) is 1. The van der Waals surface area contributed by atoms with Gasteiger partial charge in [-0.3, -0.25) is 4.90 Å². The summed E-state index contributed by atoms with van der Waals surface area (Å²) in [5.41, 5.74) is 6.87. The lowest BCUT2D eigenvalue weighted by molar-refractivity contribution is 0.205. The number of benzene rings is 1. The molecule has 1 saturated heterocycles. The van der Waals surface area contributed by atoms with E-state index in [1.807, 2.05) is 6.07 Å². The summed E-state index contributed by atoms with van der Waals surface area (Å²) in [6, 6.07) is 7.18. The molecular formula is C12H19Cl2FN2. The predicted octanol–water partition coefficient (Wildman–Crippen LogP) is 2.59. The maximum Gasteiger partial charge on any atom is 0.123 e. The maximum absolute atomic E-state index is 12.9. The summed E-state index contributed by atoms with van der Waals surface area (Å²) in [5.74, 6) is -0.152. The van der Waals surface area contributed by atoms with Crippen molar-refractivity contribution in [3.8, 4) is 0 Å². The first-order valence-electron chi connectivity index (χ1n) is 5.46. The highest BCUT2D eigenvalue weighted by Crippen LogP contribution is 2.13. The molecule has 1 aliphatic rings. The third kappa shape index (κ3) is 5.21. The first-order valence-corrected chi connectivity index (χ1v) is 5.46. The van der Waals surface area contributed by atoms with Crippen LogP contribution in [-0.2, 0) is 6.54 Å². The van der Waals surface area contributed by atoms with E-state index in [0.717, 1.165) is 38.0 Å². The maximum atomic E-state index is 12.9. The SMILES string of the molecule is Cl.Cl.NC1CCN(Cc2cccc(F)c2)CC1. The van der Waals surface area contributed by atoms with E-state index in [4.69, 9.17) is 5.73 Å². The van der Waals surface area contributed by atoms with E-state index in [2.05, 4.69) is 4.90 Å². The average Bonchev–Trinajstić information content (AvgIpc) is 2.22. The Hall–Kier alpha value is -0.350. The minimum atomic E-state index is -0.152. The summed E-state index contributed by atoms with van der Waals surface area (Å²) >= 11 is 0. The van der Waals surface area contributed by atoms with E-state index >= 15 is 0 Å². The van der Waals surface area contributed by atoms with Gasteiger partial charge in [0, 0.05) is 12.6 Å². The summed E-state index contributed by atoms with van der Waals surface area (Å²) in [7, 11) is 0. The van der Waals surface area contributed by atoms with Gasteiger partial charge in [-0.15, -0.1) is 24.8 Å². The fourth-order valence-electron chi connectivity index (χ4n) is 2.00. The van der Waals surface area contributed by atoms with Crippen molar-refractivity contribution in [2.24, 2.45) is 5.73 Å². The lowest BCUT2D eigenvalue weighted by Crippen LogP contribution is -2.39. The van der Waals surface area contributed by atoms with Crippen LogP contribution in [0.3, 0.4) is 0 Å². The molecule has 5 heteroatoms. The molecule has 0 radical (unpaired) electrons. The molecule has 0 spiro atoms. The largest absolute Gasteiger partial charge is 0.328 e. The summed E-state index contributed by atoms with van der Waals surface area (Å²) in [5, 5.41) is 0. The van der Waals surface area contributed by atoms with Crippen molar-refractivity contribution in [3.05, 3.63) is 35.6 Å². The van der Waals surface area contributed by atoms with Crippen molar-refractivity contribution in [1.29, 1.82) is 0 Å². The average molecular weight is 281 g/mol. The molecule has 2 nitrogen and oxygen atoms in total. The van der Waals surface area contributed by atoms with Gasteiger partial charge in [-0.2, -0.15) is 0 Å². The standard InChI is InChI=1S/C12H17FN2.2ClH/c13-11-3-1-2-10(8-11)9-15-6-4-12(14)5-7-15;;/h1-3,8,12H,4-7,9,14H2;2*1H. The summed E-state index contributed by atoms with van der Waals surface area (Å²) in [6.07, 6.45) is 2.10. The zero-order valence-corrected chi connectivity index (χ0v) is 11.3. The molecule has 2 N–H and O–H groups in total. The molecule has 0 amide bonds. The van der Waals surface area contributed by atoms with Crippen LogP contribution in [0.2, 0.25) is 0 Å². The Morgan fingerprint density at radius 1 is 1.24 bits per heavy atom. The number of hydrogen-bond donors (Lipinski definition) is 1. The van der Waals surface area contributed by atoms with E-state index < -0.39 is 0 Å². The van der Waals surface area contributed by atoms with Crippen molar-refractivity contribution in [1.82, 2.24) is 4.90 Å². The monoisotopic (exact) mass is 280 g/mol. The molecule has 1 fully saturated rings. The van der Waals surface area contributed by atoms with E-state index in [0.29, 0.717) is 6.04 Å². The van der Waals surface area contributed by atoms with Gasteiger partial charge in [-0.25, -0.2) is 4.39 Å². The molecule has 98 valence electrons. The molecule has 0 atom stereocenters. The Balaban J connectivity index is 0.00000128. The van der Waals surface area contributed by atoms with Gasteiger partial charge in [0.2, 0.25) is 0 Å². The third-order valence-corrected chi connectivity index (χ3v) is 2.93. The molecule has 0 saturated carbocycles. The van der Waals surface area contributed by atoms with Crippen LogP contribution in [-0.4, -0.2) is 24.0 Å². The fraction of sp³-hybridized carbons (Fsp3) is 0.500. The van der Waals surface area contributed by atoms with Crippen LogP contribution < -0.4 is 5.73 Å². The minimum absolute atomic E-state index is 0. The Morgan fingerprint density at radius 2 is 1.88 bits per heavy atom. The molecule has 0 aromatic heterocycles. The first kappa shape index (κ1) is 16.6. The lowest BCUT2D eigenvalue weighted by Gasteiger charge is -2.30. The molecular weight excluding hydrogens is 262 g/mol. The highest BCUT2D eigenvalue weighted by molar-refractivity contribution is 5.85. The van der Waals surface area contributed by atoms with Gasteiger partial charge in [-0.1, -0.05) is 12.1 Å². The van der Waals surface area contributed by atoms with Crippen LogP contribution in [0.1, 0.15) is 18.4 Å². The normalized spacial score (nSPS) is 17.1. The van der Waals surface area contributed by atoms with Gasteiger partial charge in [0.05, 0.1) is 0 Å². The van der Waals surface area contributed by atoms with Crippen LogP contribution in [0.4, 0.5) is 4.39 Å². The highest BCUT2D eigenvalue weighted by atomic mass is 35.5. The zero-order valence-electron chi connectivity index (χ0n) is 9.64. The number of halogens is 3. The molecule has 0 bridgehead atoms. The van der Waals surface area contributed by atoms with Gasteiger partial charge < -0.3 is 5.73 Å². The van der Waals surface area contributed by atoms with E-state index in [1.54, 1.807) is 12.1 Å². The van der Waals surface area contributed by atoms with Gasteiger partial charge in [-0.05, 0) is 43.6 Å². The molecule has 1 aromatic rings. The molecule has 0 unspecified atom stereocenters. The molecule has 17 heavy (non-hydrogen) atoms. The summed E-state index contributed by atoms with van der Waals surface area (Å²) in [6.45, 7) is 2.89. The second kappa shape index (κ2) is 7.88. The summed E-state index contributed by atoms with van der Waals surface area (Å²) in [4.78, 5) is 2.33. The second-order valence-electron chi connectivity index (χ2n) is 4.24. The van der Waals surface area contributed by atoms with Crippen LogP contribution in [0, 0.1) is 5.82 Å². The topological polar surface area (TPSA) is 29.3 Å². The van der Waals surface area contributed by atoms with Crippen LogP contribution in [0.5, 0.6) is 0 Å². The van der Waals surface area contributed by atoms with E-state index in [9.17, 15) is 4.39 Å². The van der Waals surface area contributed by atoms with E-state index in [1.165, 1.54) is 6.07 Å². The number of nitrogens with two attached hydrogens (primary N) is 1. The van der Waals surface area contributed by atoms with Gasteiger partial charge >= 0.3 is 0 Å². The van der Waals surface area contributed by atoms with Crippen LogP contribution in [0.15, 0.2) is 24.3 Å². The first-order chi connectivity index (χ1) is 7.24. The van der Waals surface area contributed by atoms with Gasteiger partial charge in [0.25, 0.3) is 0 Å². The molecule has 2 rings (SSSR count). The zero-order chi connectivity index (χ0) is 10.7.